The van der Waals surface area contributed by atoms with Crippen molar-refractivity contribution in [3.05, 3.63) is 29.8 Å². The monoisotopic (exact) mass is 185 g/mol. The van der Waals surface area contributed by atoms with Gasteiger partial charge in [-0.15, -0.1) is 12.4 Å². The van der Waals surface area contributed by atoms with Gasteiger partial charge in [0.15, 0.2) is 0 Å². The summed E-state index contributed by atoms with van der Waals surface area (Å²) in [5, 5.41) is 9.17. The fourth-order valence-corrected chi connectivity index (χ4v) is 1.22. The Morgan fingerprint density at radius 2 is 2.08 bits per heavy atom. The smallest absolute Gasteiger partial charge is 0.535 e. The van der Waals surface area contributed by atoms with E-state index in [1.807, 2.05) is 18.2 Å². The number of fused-ring (bicyclic) bond motifs is 1. The van der Waals surface area contributed by atoms with E-state index in [2.05, 4.69) is 0 Å². The number of nitrogens with two attached hydrogens (primary N) is 1. The predicted octanol–water partition coefficient (Wildman–Crippen LogP) is 0.520. The SMILES string of the molecule is Cl.NC1B(O)Oc2ccccc21. The summed E-state index contributed by atoms with van der Waals surface area (Å²) < 4.78 is 5.05. The van der Waals surface area contributed by atoms with Crippen molar-refractivity contribution in [2.24, 2.45) is 5.73 Å². The van der Waals surface area contributed by atoms with E-state index < -0.39 is 13.1 Å². The molecule has 0 saturated heterocycles. The van der Waals surface area contributed by atoms with Gasteiger partial charge in [-0.1, -0.05) is 18.2 Å². The fraction of sp³-hybridized carbons (Fsp3) is 0.143. The minimum atomic E-state index is -0.882. The highest BCUT2D eigenvalue weighted by atomic mass is 35.5. The van der Waals surface area contributed by atoms with Gasteiger partial charge in [-0.3, -0.25) is 0 Å². The number of hydrogen-bond acceptors (Lipinski definition) is 3. The van der Waals surface area contributed by atoms with Gasteiger partial charge in [-0.2, -0.15) is 0 Å². The normalized spacial score (nSPS) is 19.5. The highest BCUT2D eigenvalue weighted by molar-refractivity contribution is 6.47. The van der Waals surface area contributed by atoms with Crippen LogP contribution in [-0.2, 0) is 0 Å². The van der Waals surface area contributed by atoms with Crippen molar-refractivity contribution in [2.75, 3.05) is 0 Å². The zero-order valence-corrected chi connectivity index (χ0v) is 7.12. The van der Waals surface area contributed by atoms with Gasteiger partial charge >= 0.3 is 7.12 Å². The first-order chi connectivity index (χ1) is 5.29. The second-order valence-corrected chi connectivity index (χ2v) is 2.57. The van der Waals surface area contributed by atoms with Gasteiger partial charge in [-0.05, 0) is 6.07 Å². The maximum atomic E-state index is 9.17. The van der Waals surface area contributed by atoms with Crippen LogP contribution in [0.25, 0.3) is 0 Å². The van der Waals surface area contributed by atoms with Crippen molar-refractivity contribution in [1.29, 1.82) is 0 Å². The zero-order valence-electron chi connectivity index (χ0n) is 6.31. The topological polar surface area (TPSA) is 55.5 Å². The highest BCUT2D eigenvalue weighted by Gasteiger charge is 2.35. The summed E-state index contributed by atoms with van der Waals surface area (Å²) in [6.07, 6.45) is 0. The Bertz CT molecular complexity index is 284. The van der Waals surface area contributed by atoms with Gasteiger partial charge in [0.2, 0.25) is 0 Å². The van der Waals surface area contributed by atoms with Crippen molar-refractivity contribution in [1.82, 2.24) is 0 Å². The second kappa shape index (κ2) is 3.35. The molecule has 1 unspecified atom stereocenters. The van der Waals surface area contributed by atoms with E-state index >= 15 is 0 Å². The minimum Gasteiger partial charge on any atom is -0.535 e. The van der Waals surface area contributed by atoms with Crippen LogP contribution in [0.2, 0.25) is 0 Å². The Morgan fingerprint density at radius 1 is 1.42 bits per heavy atom. The van der Waals surface area contributed by atoms with Gasteiger partial charge in [-0.25, -0.2) is 0 Å². The molecular weight excluding hydrogens is 176 g/mol. The fourth-order valence-electron chi connectivity index (χ4n) is 1.22. The first-order valence-electron chi connectivity index (χ1n) is 3.48. The molecule has 0 radical (unpaired) electrons. The molecule has 0 spiro atoms. The summed E-state index contributed by atoms with van der Waals surface area (Å²) in [5.74, 6) is 0.290. The predicted molar refractivity (Wildman–Crippen MR) is 49.2 cm³/mol. The van der Waals surface area contributed by atoms with Crippen LogP contribution in [0.15, 0.2) is 24.3 Å². The molecule has 1 atom stereocenters. The lowest BCUT2D eigenvalue weighted by Crippen LogP contribution is -2.30. The van der Waals surface area contributed by atoms with E-state index in [1.165, 1.54) is 0 Å². The van der Waals surface area contributed by atoms with Gasteiger partial charge in [0.25, 0.3) is 0 Å². The molecule has 0 bridgehead atoms. The van der Waals surface area contributed by atoms with Crippen LogP contribution in [0, 0.1) is 0 Å². The summed E-state index contributed by atoms with van der Waals surface area (Å²) in [4.78, 5) is 0. The van der Waals surface area contributed by atoms with E-state index in [0.717, 1.165) is 5.56 Å². The van der Waals surface area contributed by atoms with Crippen LogP contribution >= 0.6 is 12.4 Å². The maximum Gasteiger partial charge on any atom is 0.545 e. The molecule has 0 fully saturated rings. The lowest BCUT2D eigenvalue weighted by atomic mass is 9.79. The van der Waals surface area contributed by atoms with Crippen LogP contribution < -0.4 is 10.4 Å². The Hall–Kier alpha value is -0.705. The van der Waals surface area contributed by atoms with Crippen LogP contribution in [-0.4, -0.2) is 12.1 Å². The second-order valence-electron chi connectivity index (χ2n) is 2.57. The maximum absolute atomic E-state index is 9.17. The van der Waals surface area contributed by atoms with Crippen LogP contribution in [0.4, 0.5) is 0 Å². The Morgan fingerprint density at radius 3 is 2.75 bits per heavy atom. The Kier molecular flexibility index (Phi) is 2.62. The molecule has 5 heteroatoms. The average molecular weight is 185 g/mol. The molecule has 1 aromatic rings. The summed E-state index contributed by atoms with van der Waals surface area (Å²) in [6, 6.07) is 7.38. The minimum absolute atomic E-state index is 0. The van der Waals surface area contributed by atoms with Crippen LogP contribution in [0.5, 0.6) is 5.75 Å². The quantitative estimate of drug-likeness (QED) is 0.580. The summed E-state index contributed by atoms with van der Waals surface area (Å²) in [5.41, 5.74) is 6.49. The highest BCUT2D eigenvalue weighted by Crippen LogP contribution is 2.31. The van der Waals surface area contributed by atoms with Gasteiger partial charge in [0, 0.05) is 5.56 Å². The number of halogens is 1. The largest absolute Gasteiger partial charge is 0.545 e. The third-order valence-corrected chi connectivity index (χ3v) is 1.83. The summed E-state index contributed by atoms with van der Waals surface area (Å²) >= 11 is 0. The van der Waals surface area contributed by atoms with E-state index in [1.54, 1.807) is 6.07 Å². The third-order valence-electron chi connectivity index (χ3n) is 1.83. The first-order valence-corrected chi connectivity index (χ1v) is 3.48. The number of benzene rings is 1. The molecular formula is C7H9BClNO2. The first kappa shape index (κ1) is 9.38. The Balaban J connectivity index is 0.000000720. The lowest BCUT2D eigenvalue weighted by molar-refractivity contribution is 0.422. The van der Waals surface area contributed by atoms with Crippen molar-refractivity contribution in [2.45, 2.75) is 5.94 Å². The molecule has 1 aliphatic heterocycles. The van der Waals surface area contributed by atoms with Crippen LogP contribution in [0.1, 0.15) is 11.5 Å². The molecule has 3 N–H and O–H groups in total. The molecule has 12 heavy (non-hydrogen) atoms. The number of hydrogen-bond donors (Lipinski definition) is 2. The standard InChI is InChI=1S/C7H8BNO2.ClH/c9-7-5-3-1-2-4-6(5)11-8(7)10;/h1-4,7,10H,9H2;1H. The average Bonchev–Trinajstić information content (AvgIpc) is 2.30. The van der Waals surface area contributed by atoms with Crippen LogP contribution in [0.3, 0.4) is 0 Å². The molecule has 1 aliphatic rings. The van der Waals surface area contributed by atoms with E-state index in [-0.39, 0.29) is 12.4 Å². The molecule has 3 nitrogen and oxygen atoms in total. The van der Waals surface area contributed by atoms with Crippen molar-refractivity contribution >= 4 is 19.5 Å². The Labute approximate surface area is 77.1 Å². The summed E-state index contributed by atoms with van der Waals surface area (Å²) in [7, 11) is -0.882. The van der Waals surface area contributed by atoms with Gasteiger partial charge in [0.05, 0.1) is 5.94 Å². The number of rotatable bonds is 0. The van der Waals surface area contributed by atoms with E-state index in [9.17, 15) is 5.02 Å². The molecule has 0 aliphatic carbocycles. The molecule has 1 aromatic carbocycles. The summed E-state index contributed by atoms with van der Waals surface area (Å²) in [6.45, 7) is 0. The molecule has 0 aromatic heterocycles. The van der Waals surface area contributed by atoms with E-state index in [4.69, 9.17) is 10.4 Å². The van der Waals surface area contributed by atoms with E-state index in [0.29, 0.717) is 5.75 Å². The molecule has 2 rings (SSSR count). The van der Waals surface area contributed by atoms with Gasteiger partial charge in [0.1, 0.15) is 5.75 Å². The lowest BCUT2D eigenvalue weighted by Gasteiger charge is -1.99. The molecule has 64 valence electrons. The number of para-hydroxylation sites is 1. The molecule has 0 saturated carbocycles. The van der Waals surface area contributed by atoms with Crippen molar-refractivity contribution in [3.8, 4) is 5.75 Å². The zero-order chi connectivity index (χ0) is 7.84. The molecule has 1 heterocycles. The van der Waals surface area contributed by atoms with Crippen molar-refractivity contribution < 1.29 is 9.68 Å². The third kappa shape index (κ3) is 1.29. The van der Waals surface area contributed by atoms with Gasteiger partial charge < -0.3 is 15.4 Å². The van der Waals surface area contributed by atoms with Crippen molar-refractivity contribution in [3.63, 3.8) is 0 Å². The molecule has 0 amide bonds.